The summed E-state index contributed by atoms with van der Waals surface area (Å²) in [5.41, 5.74) is 0.684. The first-order valence-electron chi connectivity index (χ1n) is 6.95. The van der Waals surface area contributed by atoms with Crippen LogP contribution in [0.25, 0.3) is 0 Å². The predicted octanol–water partition coefficient (Wildman–Crippen LogP) is 2.03. The van der Waals surface area contributed by atoms with E-state index in [1.807, 2.05) is 0 Å². The lowest BCUT2D eigenvalue weighted by Gasteiger charge is -2.20. The molecule has 1 saturated heterocycles. The monoisotopic (exact) mass is 295 g/mol. The maximum absolute atomic E-state index is 13.0. The third-order valence-electron chi connectivity index (χ3n) is 3.46. The van der Waals surface area contributed by atoms with E-state index in [9.17, 15) is 14.0 Å². The van der Waals surface area contributed by atoms with Crippen molar-refractivity contribution < 1.29 is 23.8 Å². The fourth-order valence-electron chi connectivity index (χ4n) is 2.33. The van der Waals surface area contributed by atoms with Crippen LogP contribution in [-0.2, 0) is 14.3 Å². The molecule has 0 radical (unpaired) electrons. The van der Waals surface area contributed by atoms with Gasteiger partial charge in [0.1, 0.15) is 11.9 Å². The molecule has 2 atom stereocenters. The molecular formula is C15H18FNO4. The lowest BCUT2D eigenvalue weighted by Crippen LogP contribution is -2.37. The van der Waals surface area contributed by atoms with E-state index in [0.29, 0.717) is 18.6 Å². The minimum absolute atomic E-state index is 0.0755. The summed E-state index contributed by atoms with van der Waals surface area (Å²) < 4.78 is 18.3. The molecule has 114 valence electrons. The van der Waals surface area contributed by atoms with E-state index in [-0.39, 0.29) is 24.6 Å². The third-order valence-corrected chi connectivity index (χ3v) is 3.46. The zero-order valence-corrected chi connectivity index (χ0v) is 11.5. The number of halogens is 1. The van der Waals surface area contributed by atoms with E-state index < -0.39 is 18.1 Å². The molecule has 0 aliphatic carbocycles. The highest BCUT2D eigenvalue weighted by atomic mass is 19.1. The lowest BCUT2D eigenvalue weighted by molar-refractivity contribution is -0.138. The Kier molecular flexibility index (Phi) is 5.27. The number of amides is 1. The average molecular weight is 295 g/mol. The Balaban J connectivity index is 2.05. The molecule has 2 N–H and O–H groups in total. The summed E-state index contributed by atoms with van der Waals surface area (Å²) in [6.07, 6.45) is 1.21. The van der Waals surface area contributed by atoms with Crippen LogP contribution in [0.1, 0.15) is 37.3 Å². The molecule has 2 unspecified atom stereocenters. The molecule has 5 nitrogen and oxygen atoms in total. The van der Waals surface area contributed by atoms with E-state index in [0.717, 1.165) is 6.42 Å². The Morgan fingerprint density at radius 1 is 1.38 bits per heavy atom. The fourth-order valence-corrected chi connectivity index (χ4v) is 2.33. The molecule has 21 heavy (non-hydrogen) atoms. The highest BCUT2D eigenvalue weighted by molar-refractivity contribution is 5.81. The Bertz CT molecular complexity index is 497. The smallest absolute Gasteiger partial charge is 0.303 e. The number of ether oxygens (including phenoxy) is 1. The fraction of sp³-hybridized carbons (Fsp3) is 0.467. The first-order chi connectivity index (χ1) is 10.1. The zero-order chi connectivity index (χ0) is 15.2. The van der Waals surface area contributed by atoms with Crippen molar-refractivity contribution in [3.8, 4) is 0 Å². The zero-order valence-electron chi connectivity index (χ0n) is 11.5. The Morgan fingerprint density at radius 2 is 2.10 bits per heavy atom. The number of carboxylic acids is 1. The van der Waals surface area contributed by atoms with Crippen LogP contribution in [0.15, 0.2) is 24.3 Å². The maximum Gasteiger partial charge on any atom is 0.303 e. The standard InChI is InChI=1S/C15H18FNO4/c16-11-5-3-10(4-6-11)12(7-8-14(18)19)17-15(20)13-2-1-9-21-13/h3-6,12-13H,1-2,7-9H2,(H,17,20)(H,18,19). The van der Waals surface area contributed by atoms with Crippen LogP contribution >= 0.6 is 0 Å². The largest absolute Gasteiger partial charge is 0.481 e. The molecule has 1 aromatic rings. The van der Waals surface area contributed by atoms with Gasteiger partial charge in [0, 0.05) is 13.0 Å². The quantitative estimate of drug-likeness (QED) is 0.842. The second kappa shape index (κ2) is 7.17. The van der Waals surface area contributed by atoms with Gasteiger partial charge < -0.3 is 15.2 Å². The summed E-state index contributed by atoms with van der Waals surface area (Å²) in [5.74, 6) is -1.55. The minimum Gasteiger partial charge on any atom is -0.481 e. The van der Waals surface area contributed by atoms with E-state index >= 15 is 0 Å². The van der Waals surface area contributed by atoms with Crippen LogP contribution in [-0.4, -0.2) is 29.7 Å². The molecule has 2 rings (SSSR count). The van der Waals surface area contributed by atoms with Gasteiger partial charge in [-0.25, -0.2) is 4.39 Å². The Labute approximate surface area is 122 Å². The topological polar surface area (TPSA) is 75.6 Å². The Morgan fingerprint density at radius 3 is 2.67 bits per heavy atom. The van der Waals surface area contributed by atoms with Gasteiger partial charge in [0.15, 0.2) is 0 Å². The van der Waals surface area contributed by atoms with E-state index in [2.05, 4.69) is 5.32 Å². The van der Waals surface area contributed by atoms with Gasteiger partial charge in [-0.3, -0.25) is 9.59 Å². The summed E-state index contributed by atoms with van der Waals surface area (Å²) in [6.45, 7) is 0.564. The van der Waals surface area contributed by atoms with Crippen molar-refractivity contribution in [2.75, 3.05) is 6.61 Å². The highest BCUT2D eigenvalue weighted by Crippen LogP contribution is 2.21. The summed E-state index contributed by atoms with van der Waals surface area (Å²) in [7, 11) is 0. The van der Waals surface area contributed by atoms with Gasteiger partial charge in [-0.05, 0) is 37.0 Å². The summed E-state index contributed by atoms with van der Waals surface area (Å²) in [4.78, 5) is 22.8. The number of carbonyl (C=O) groups excluding carboxylic acids is 1. The second-order valence-corrected chi connectivity index (χ2v) is 5.05. The molecule has 1 aliphatic rings. The van der Waals surface area contributed by atoms with Gasteiger partial charge in [0.2, 0.25) is 5.91 Å². The molecule has 0 bridgehead atoms. The van der Waals surface area contributed by atoms with Gasteiger partial charge in [-0.1, -0.05) is 12.1 Å². The first-order valence-corrected chi connectivity index (χ1v) is 6.95. The van der Waals surface area contributed by atoms with Gasteiger partial charge >= 0.3 is 5.97 Å². The molecule has 1 aliphatic heterocycles. The molecule has 6 heteroatoms. The van der Waals surface area contributed by atoms with Crippen LogP contribution in [0.3, 0.4) is 0 Å². The van der Waals surface area contributed by atoms with Crippen LogP contribution in [0.2, 0.25) is 0 Å². The SMILES string of the molecule is O=C(O)CCC(NC(=O)C1CCCO1)c1ccc(F)cc1. The van der Waals surface area contributed by atoms with Gasteiger partial charge in [-0.2, -0.15) is 0 Å². The van der Waals surface area contributed by atoms with Crippen LogP contribution in [0.4, 0.5) is 4.39 Å². The second-order valence-electron chi connectivity index (χ2n) is 5.05. The van der Waals surface area contributed by atoms with Crippen molar-refractivity contribution in [1.82, 2.24) is 5.32 Å². The molecular weight excluding hydrogens is 277 g/mol. The minimum atomic E-state index is -0.937. The van der Waals surface area contributed by atoms with Crippen molar-refractivity contribution in [2.45, 2.75) is 37.8 Å². The number of nitrogens with one attached hydrogen (secondary N) is 1. The molecule has 0 aromatic heterocycles. The number of aliphatic carboxylic acids is 1. The van der Waals surface area contributed by atoms with Crippen molar-refractivity contribution in [3.63, 3.8) is 0 Å². The Hall–Kier alpha value is -1.95. The third kappa shape index (κ3) is 4.53. The number of rotatable bonds is 6. The number of carbonyl (C=O) groups is 2. The van der Waals surface area contributed by atoms with E-state index in [4.69, 9.17) is 9.84 Å². The van der Waals surface area contributed by atoms with E-state index in [1.165, 1.54) is 12.1 Å². The average Bonchev–Trinajstić information content (AvgIpc) is 2.98. The van der Waals surface area contributed by atoms with Crippen LogP contribution < -0.4 is 5.32 Å². The predicted molar refractivity (Wildman–Crippen MR) is 73.1 cm³/mol. The first kappa shape index (κ1) is 15.4. The number of hydrogen-bond acceptors (Lipinski definition) is 3. The van der Waals surface area contributed by atoms with Crippen molar-refractivity contribution in [2.24, 2.45) is 0 Å². The summed E-state index contributed by atoms with van der Waals surface area (Å²) in [6, 6.07) is 5.23. The van der Waals surface area contributed by atoms with Crippen molar-refractivity contribution >= 4 is 11.9 Å². The normalized spacial score (nSPS) is 19.2. The molecule has 1 heterocycles. The van der Waals surface area contributed by atoms with Gasteiger partial charge in [0.25, 0.3) is 0 Å². The van der Waals surface area contributed by atoms with Gasteiger partial charge in [0.05, 0.1) is 6.04 Å². The molecule has 0 spiro atoms. The molecule has 1 fully saturated rings. The number of benzene rings is 1. The number of carboxylic acid groups (broad SMARTS) is 1. The van der Waals surface area contributed by atoms with Gasteiger partial charge in [-0.15, -0.1) is 0 Å². The summed E-state index contributed by atoms with van der Waals surface area (Å²) >= 11 is 0. The number of hydrogen-bond donors (Lipinski definition) is 2. The highest BCUT2D eigenvalue weighted by Gasteiger charge is 2.26. The molecule has 0 saturated carbocycles. The molecule has 1 aromatic carbocycles. The summed E-state index contributed by atoms with van der Waals surface area (Å²) in [5, 5.41) is 11.6. The molecule has 1 amide bonds. The van der Waals surface area contributed by atoms with Crippen molar-refractivity contribution in [3.05, 3.63) is 35.6 Å². The maximum atomic E-state index is 13.0. The van der Waals surface area contributed by atoms with Crippen LogP contribution in [0, 0.1) is 5.82 Å². The van der Waals surface area contributed by atoms with Crippen LogP contribution in [0.5, 0.6) is 0 Å². The van der Waals surface area contributed by atoms with Crippen molar-refractivity contribution in [1.29, 1.82) is 0 Å². The lowest BCUT2D eigenvalue weighted by atomic mass is 10.0. The van der Waals surface area contributed by atoms with E-state index in [1.54, 1.807) is 12.1 Å².